The van der Waals surface area contributed by atoms with E-state index in [2.05, 4.69) is 30.7 Å². The number of carboxylic acids is 1. The van der Waals surface area contributed by atoms with E-state index in [0.717, 1.165) is 33.4 Å². The fraction of sp³-hybridized carbons (Fsp3) is 0.276. The first-order valence-electron chi connectivity index (χ1n) is 13.6. The highest BCUT2D eigenvalue weighted by Crippen LogP contribution is 2.33. The third kappa shape index (κ3) is 5.41. The molecule has 0 unspecified atom stereocenters. The van der Waals surface area contributed by atoms with Gasteiger partial charge in [0, 0.05) is 61.4 Å². The molecule has 1 aliphatic heterocycles. The Hall–Kier alpha value is -5.17. The van der Waals surface area contributed by atoms with Gasteiger partial charge in [-0.3, -0.25) is 14.4 Å². The van der Waals surface area contributed by atoms with Crippen LogP contribution in [-0.2, 0) is 11.8 Å². The number of aromatic nitrogens is 6. The summed E-state index contributed by atoms with van der Waals surface area (Å²) in [4.78, 5) is 41.5. The van der Waals surface area contributed by atoms with Crippen molar-refractivity contribution < 1.29 is 19.4 Å². The topological polar surface area (TPSA) is 166 Å². The monoisotopic (exact) mass is 569 g/mol. The van der Waals surface area contributed by atoms with Gasteiger partial charge in [-0.2, -0.15) is 5.10 Å². The summed E-state index contributed by atoms with van der Waals surface area (Å²) < 4.78 is 7.67. The zero-order valence-corrected chi connectivity index (χ0v) is 23.4. The number of nitrogens with one attached hydrogen (secondary N) is 4. The van der Waals surface area contributed by atoms with Crippen molar-refractivity contribution in [2.24, 2.45) is 7.05 Å². The van der Waals surface area contributed by atoms with Gasteiger partial charge in [-0.15, -0.1) is 0 Å². The molecule has 1 aromatic carbocycles. The molecular formula is C29H31N9O4. The molecule has 5 aromatic rings. The van der Waals surface area contributed by atoms with E-state index in [1.54, 1.807) is 16.9 Å². The molecule has 0 spiro atoms. The molecule has 0 saturated carbocycles. The van der Waals surface area contributed by atoms with Crippen LogP contribution in [0, 0.1) is 13.8 Å². The number of aryl methyl sites for hydroxylation is 3. The molecule has 5 heterocycles. The van der Waals surface area contributed by atoms with Crippen LogP contribution < -0.4 is 15.4 Å². The van der Waals surface area contributed by atoms with Crippen molar-refractivity contribution in [3.8, 4) is 17.0 Å². The number of nitrogens with zero attached hydrogens (tertiary/aromatic N) is 5. The van der Waals surface area contributed by atoms with Crippen LogP contribution in [0.25, 0.3) is 22.2 Å². The van der Waals surface area contributed by atoms with Crippen molar-refractivity contribution in [3.05, 3.63) is 65.9 Å². The number of rotatable bonds is 9. The van der Waals surface area contributed by atoms with Crippen LogP contribution in [0.1, 0.15) is 28.2 Å². The van der Waals surface area contributed by atoms with Gasteiger partial charge in [0.2, 0.25) is 11.9 Å². The predicted molar refractivity (Wildman–Crippen MR) is 157 cm³/mol. The first kappa shape index (κ1) is 27.0. The summed E-state index contributed by atoms with van der Waals surface area (Å²) >= 11 is 0. The Morgan fingerprint density at radius 1 is 1.21 bits per heavy atom. The summed E-state index contributed by atoms with van der Waals surface area (Å²) in [6.45, 7) is 5.32. The summed E-state index contributed by atoms with van der Waals surface area (Å²) in [6.07, 6.45) is 5.70. The number of carbonyl (C=O) groups excluding carboxylic acids is 1. The van der Waals surface area contributed by atoms with E-state index in [9.17, 15) is 14.7 Å². The van der Waals surface area contributed by atoms with Crippen molar-refractivity contribution in [2.45, 2.75) is 26.4 Å². The van der Waals surface area contributed by atoms with Crippen molar-refractivity contribution in [3.63, 3.8) is 0 Å². The molecule has 42 heavy (non-hydrogen) atoms. The van der Waals surface area contributed by atoms with E-state index < -0.39 is 5.97 Å². The average molecular weight is 570 g/mol. The zero-order valence-electron chi connectivity index (χ0n) is 23.4. The number of carboxylic acid groups (broad SMARTS) is 1. The SMILES string of the molecule is Cc1cnc(Nc2cc(C)n(C)n2)nc1-c1c[nH]c2c(NC(=O)CN3CC[C@H](Oc4cc[nH]c4C(=O)O)C3)cccc12. The first-order chi connectivity index (χ1) is 20.2. The lowest BCUT2D eigenvalue weighted by atomic mass is 10.1. The molecule has 0 aliphatic carbocycles. The molecule has 13 nitrogen and oxygen atoms in total. The molecule has 5 N–H and O–H groups in total. The number of carbonyl (C=O) groups is 2. The first-order valence-corrected chi connectivity index (χ1v) is 13.6. The van der Waals surface area contributed by atoms with Gasteiger partial charge < -0.3 is 30.4 Å². The Morgan fingerprint density at radius 3 is 2.86 bits per heavy atom. The van der Waals surface area contributed by atoms with E-state index in [1.807, 2.05) is 56.3 Å². The van der Waals surface area contributed by atoms with Gasteiger partial charge in [0.1, 0.15) is 6.10 Å². The van der Waals surface area contributed by atoms with Crippen LogP contribution in [0.5, 0.6) is 5.75 Å². The van der Waals surface area contributed by atoms with E-state index in [1.165, 1.54) is 6.20 Å². The van der Waals surface area contributed by atoms with Gasteiger partial charge in [-0.05, 0) is 38.0 Å². The number of amides is 1. The summed E-state index contributed by atoms with van der Waals surface area (Å²) in [7, 11) is 1.88. The van der Waals surface area contributed by atoms with Crippen LogP contribution in [0.4, 0.5) is 17.5 Å². The van der Waals surface area contributed by atoms with Crippen LogP contribution >= 0.6 is 0 Å². The fourth-order valence-electron chi connectivity index (χ4n) is 5.20. The largest absolute Gasteiger partial charge is 0.487 e. The minimum atomic E-state index is -1.07. The number of likely N-dealkylation sites (tertiary alicyclic amines) is 1. The van der Waals surface area contributed by atoms with Crippen LogP contribution in [0.2, 0.25) is 0 Å². The van der Waals surface area contributed by atoms with Gasteiger partial charge >= 0.3 is 5.97 Å². The zero-order chi connectivity index (χ0) is 29.4. The minimum Gasteiger partial charge on any atom is -0.487 e. The average Bonchev–Trinajstić information content (AvgIpc) is 3.74. The lowest BCUT2D eigenvalue weighted by Crippen LogP contribution is -2.33. The molecule has 1 atom stereocenters. The maximum atomic E-state index is 13.0. The van der Waals surface area contributed by atoms with Gasteiger partial charge in [-0.25, -0.2) is 14.8 Å². The third-order valence-electron chi connectivity index (χ3n) is 7.38. The predicted octanol–water partition coefficient (Wildman–Crippen LogP) is 3.84. The quantitative estimate of drug-likeness (QED) is 0.177. The van der Waals surface area contributed by atoms with Crippen molar-refractivity contribution in [1.29, 1.82) is 0 Å². The normalized spacial score (nSPS) is 15.3. The number of ether oxygens (including phenoxy) is 1. The second kappa shape index (κ2) is 11.0. The standard InChI is InChI=1S/C29H31N9O4/c1-16-12-32-29(34-23-11-17(2)37(3)36-23)35-25(16)20-13-31-26-19(20)5-4-6-21(26)33-24(39)15-38-10-8-18(14-38)42-22-7-9-30-27(22)28(40)41/h4-7,9,11-13,18,30-31H,8,10,14-15H2,1-3H3,(H,33,39)(H,40,41)(H,32,34,35,36)/t18-/m0/s1. The number of para-hydroxylation sites is 1. The Morgan fingerprint density at radius 2 is 2.07 bits per heavy atom. The molecule has 216 valence electrons. The molecule has 4 aromatic heterocycles. The highest BCUT2D eigenvalue weighted by atomic mass is 16.5. The second-order valence-corrected chi connectivity index (χ2v) is 10.4. The second-order valence-electron chi connectivity index (χ2n) is 10.4. The van der Waals surface area contributed by atoms with Crippen molar-refractivity contribution in [2.75, 3.05) is 30.3 Å². The Labute approximate surface area is 240 Å². The van der Waals surface area contributed by atoms with Crippen molar-refractivity contribution >= 4 is 40.2 Å². The number of aromatic carboxylic acids is 1. The Balaban J connectivity index is 1.14. The molecule has 1 fully saturated rings. The summed E-state index contributed by atoms with van der Waals surface area (Å²) in [5, 5.41) is 20.8. The number of fused-ring (bicyclic) bond motifs is 1. The Bertz CT molecular complexity index is 1770. The van der Waals surface area contributed by atoms with E-state index in [0.29, 0.717) is 42.7 Å². The third-order valence-corrected chi connectivity index (χ3v) is 7.38. The number of aromatic amines is 2. The molecule has 1 amide bonds. The number of hydrogen-bond donors (Lipinski definition) is 5. The summed E-state index contributed by atoms with van der Waals surface area (Å²) in [6, 6.07) is 9.28. The van der Waals surface area contributed by atoms with Gasteiger partial charge in [-0.1, -0.05) is 12.1 Å². The molecule has 0 radical (unpaired) electrons. The van der Waals surface area contributed by atoms with E-state index in [4.69, 9.17) is 9.72 Å². The van der Waals surface area contributed by atoms with Gasteiger partial charge in [0.25, 0.3) is 0 Å². The number of H-pyrrole nitrogens is 2. The van der Waals surface area contributed by atoms with Crippen LogP contribution in [0.15, 0.2) is 48.9 Å². The Kier molecular flexibility index (Phi) is 7.08. The lowest BCUT2D eigenvalue weighted by Gasteiger charge is -2.16. The smallest absolute Gasteiger partial charge is 0.356 e. The highest BCUT2D eigenvalue weighted by Gasteiger charge is 2.27. The van der Waals surface area contributed by atoms with Gasteiger partial charge in [0.15, 0.2) is 17.3 Å². The maximum Gasteiger partial charge on any atom is 0.356 e. The van der Waals surface area contributed by atoms with E-state index in [-0.39, 0.29) is 24.2 Å². The lowest BCUT2D eigenvalue weighted by molar-refractivity contribution is -0.117. The van der Waals surface area contributed by atoms with Gasteiger partial charge in [0.05, 0.1) is 23.4 Å². The van der Waals surface area contributed by atoms with Crippen LogP contribution in [0.3, 0.4) is 0 Å². The molecule has 0 bridgehead atoms. The highest BCUT2D eigenvalue weighted by molar-refractivity contribution is 6.06. The molecule has 6 rings (SSSR count). The number of hydrogen-bond acceptors (Lipinski definition) is 8. The molecule has 13 heteroatoms. The van der Waals surface area contributed by atoms with Crippen LogP contribution in [-0.4, -0.2) is 77.3 Å². The number of benzene rings is 1. The summed E-state index contributed by atoms with van der Waals surface area (Å²) in [5.74, 6) is 0.191. The van der Waals surface area contributed by atoms with E-state index >= 15 is 0 Å². The minimum absolute atomic E-state index is 0.0255. The maximum absolute atomic E-state index is 13.0. The molecular weight excluding hydrogens is 538 g/mol. The fourth-order valence-corrected chi connectivity index (χ4v) is 5.20. The number of anilines is 3. The summed E-state index contributed by atoms with van der Waals surface area (Å²) in [5.41, 5.74) is 5.08. The van der Waals surface area contributed by atoms with Crippen molar-refractivity contribution in [1.82, 2.24) is 34.6 Å². The molecule has 1 aliphatic rings. The molecule has 1 saturated heterocycles.